The number of carbonyl (C=O) groups is 2. The lowest BCUT2D eigenvalue weighted by molar-refractivity contribution is 0.102. The summed E-state index contributed by atoms with van der Waals surface area (Å²) < 4.78 is 4.81. The third-order valence-electron chi connectivity index (χ3n) is 3.35. The van der Waals surface area contributed by atoms with Gasteiger partial charge in [-0.3, -0.25) is 10.1 Å². The van der Waals surface area contributed by atoms with Crippen LogP contribution in [0, 0.1) is 6.92 Å². The van der Waals surface area contributed by atoms with Crippen molar-refractivity contribution in [3.05, 3.63) is 53.6 Å². The van der Waals surface area contributed by atoms with E-state index in [1.54, 1.807) is 43.0 Å². The highest BCUT2D eigenvalue weighted by Crippen LogP contribution is 2.21. The Morgan fingerprint density at radius 1 is 1.04 bits per heavy atom. The average molecular weight is 344 g/mol. The molecular weight excluding hydrogens is 324 g/mol. The molecule has 0 bridgehead atoms. The van der Waals surface area contributed by atoms with Crippen LogP contribution in [0.5, 0.6) is 0 Å². The Balaban J connectivity index is 2.05. The maximum atomic E-state index is 12.4. The van der Waals surface area contributed by atoms with E-state index in [0.717, 1.165) is 10.5 Å². The lowest BCUT2D eigenvalue weighted by Gasteiger charge is -2.10. The zero-order chi connectivity index (χ0) is 17.5. The fraction of sp³-hybridized carbons (Fsp3) is 0.222. The molecule has 2 rings (SSSR count). The number of aryl methyl sites for hydroxylation is 1. The van der Waals surface area contributed by atoms with Crippen LogP contribution >= 0.6 is 11.8 Å². The molecule has 5 nitrogen and oxygen atoms in total. The molecule has 6 heteroatoms. The van der Waals surface area contributed by atoms with Crippen molar-refractivity contribution in [3.8, 4) is 0 Å². The van der Waals surface area contributed by atoms with Gasteiger partial charge in [0.15, 0.2) is 0 Å². The largest absolute Gasteiger partial charge is 0.450 e. The van der Waals surface area contributed by atoms with Gasteiger partial charge >= 0.3 is 6.09 Å². The molecule has 0 aliphatic heterocycles. The van der Waals surface area contributed by atoms with Gasteiger partial charge in [-0.2, -0.15) is 0 Å². The number of thioether (sulfide) groups is 1. The van der Waals surface area contributed by atoms with Crippen molar-refractivity contribution in [1.82, 2.24) is 0 Å². The van der Waals surface area contributed by atoms with Crippen molar-refractivity contribution in [1.29, 1.82) is 0 Å². The molecule has 0 saturated heterocycles. The first-order valence-electron chi connectivity index (χ1n) is 7.53. The first kappa shape index (κ1) is 17.9. The minimum atomic E-state index is -0.501. The van der Waals surface area contributed by atoms with Crippen LogP contribution in [0.2, 0.25) is 0 Å². The van der Waals surface area contributed by atoms with Crippen LogP contribution in [-0.2, 0) is 4.74 Å². The molecule has 0 aliphatic rings. The maximum Gasteiger partial charge on any atom is 0.411 e. The van der Waals surface area contributed by atoms with Gasteiger partial charge in [0.1, 0.15) is 0 Å². The molecule has 126 valence electrons. The van der Waals surface area contributed by atoms with Crippen LogP contribution < -0.4 is 10.6 Å². The molecule has 2 amide bonds. The van der Waals surface area contributed by atoms with Crippen LogP contribution in [0.1, 0.15) is 22.8 Å². The van der Waals surface area contributed by atoms with Gasteiger partial charge in [-0.25, -0.2) is 4.79 Å². The van der Waals surface area contributed by atoms with E-state index < -0.39 is 6.09 Å². The van der Waals surface area contributed by atoms with Gasteiger partial charge in [0, 0.05) is 21.8 Å². The zero-order valence-corrected chi connectivity index (χ0v) is 14.7. The van der Waals surface area contributed by atoms with Gasteiger partial charge in [-0.05, 0) is 62.1 Å². The second-order valence-corrected chi connectivity index (χ2v) is 5.94. The van der Waals surface area contributed by atoms with E-state index in [1.165, 1.54) is 0 Å². The minimum Gasteiger partial charge on any atom is -0.450 e. The van der Waals surface area contributed by atoms with E-state index in [2.05, 4.69) is 10.6 Å². The first-order chi connectivity index (χ1) is 11.5. The van der Waals surface area contributed by atoms with E-state index in [-0.39, 0.29) is 5.91 Å². The van der Waals surface area contributed by atoms with Gasteiger partial charge in [0.2, 0.25) is 0 Å². The van der Waals surface area contributed by atoms with Gasteiger partial charge in [0.05, 0.1) is 6.61 Å². The highest BCUT2D eigenvalue weighted by Gasteiger charge is 2.10. The lowest BCUT2D eigenvalue weighted by atomic mass is 10.1. The van der Waals surface area contributed by atoms with Gasteiger partial charge < -0.3 is 10.1 Å². The number of amides is 2. The van der Waals surface area contributed by atoms with E-state index >= 15 is 0 Å². The molecule has 0 unspecified atom stereocenters. The summed E-state index contributed by atoms with van der Waals surface area (Å²) >= 11 is 1.59. The van der Waals surface area contributed by atoms with E-state index in [4.69, 9.17) is 4.74 Å². The fourth-order valence-corrected chi connectivity index (χ4v) is 2.53. The first-order valence-corrected chi connectivity index (χ1v) is 8.75. The van der Waals surface area contributed by atoms with Crippen molar-refractivity contribution in [2.75, 3.05) is 23.5 Å². The molecule has 0 saturated carbocycles. The number of nitrogens with one attached hydrogen (secondary N) is 2. The monoisotopic (exact) mass is 344 g/mol. The van der Waals surface area contributed by atoms with Crippen molar-refractivity contribution in [2.24, 2.45) is 0 Å². The van der Waals surface area contributed by atoms with Gasteiger partial charge in [0.25, 0.3) is 5.91 Å². The highest BCUT2D eigenvalue weighted by atomic mass is 32.2. The van der Waals surface area contributed by atoms with Gasteiger partial charge in [-0.1, -0.05) is 6.07 Å². The summed E-state index contributed by atoms with van der Waals surface area (Å²) in [4.78, 5) is 24.8. The van der Waals surface area contributed by atoms with Crippen molar-refractivity contribution in [2.45, 2.75) is 18.7 Å². The van der Waals surface area contributed by atoms with Crippen molar-refractivity contribution in [3.63, 3.8) is 0 Å². The van der Waals surface area contributed by atoms with E-state index in [9.17, 15) is 9.59 Å². The average Bonchev–Trinajstić information content (AvgIpc) is 2.57. The Hall–Kier alpha value is -2.47. The molecule has 0 atom stereocenters. The number of hydrogen-bond acceptors (Lipinski definition) is 4. The standard InChI is InChI=1S/C18H20N2O3S/c1-4-23-18(22)20-14-8-6-13(7-9-14)19-17(21)16-11-15(24-3)10-5-12(16)2/h5-11H,4H2,1-3H3,(H,19,21)(H,20,22). The summed E-state index contributed by atoms with van der Waals surface area (Å²) in [5.74, 6) is -0.158. The van der Waals surface area contributed by atoms with Crippen LogP contribution in [-0.4, -0.2) is 24.9 Å². The molecular formula is C18H20N2O3S. The van der Waals surface area contributed by atoms with Crippen LogP contribution in [0.3, 0.4) is 0 Å². The Labute approximate surface area is 145 Å². The van der Waals surface area contributed by atoms with Crippen molar-refractivity contribution < 1.29 is 14.3 Å². The Kier molecular flexibility index (Phi) is 6.26. The summed E-state index contributed by atoms with van der Waals surface area (Å²) in [6.45, 7) is 3.96. The molecule has 24 heavy (non-hydrogen) atoms. The Morgan fingerprint density at radius 2 is 1.67 bits per heavy atom. The zero-order valence-electron chi connectivity index (χ0n) is 13.9. The number of benzene rings is 2. The van der Waals surface area contributed by atoms with Gasteiger partial charge in [-0.15, -0.1) is 11.8 Å². The molecule has 2 aromatic rings. The quantitative estimate of drug-likeness (QED) is 0.782. The molecule has 2 N–H and O–H groups in total. The second-order valence-electron chi connectivity index (χ2n) is 5.06. The number of anilines is 2. The van der Waals surface area contributed by atoms with Crippen molar-refractivity contribution >= 4 is 35.1 Å². The van der Waals surface area contributed by atoms with Crippen LogP contribution in [0.4, 0.5) is 16.2 Å². The normalized spacial score (nSPS) is 10.1. The fourth-order valence-electron chi connectivity index (χ4n) is 2.09. The molecule has 0 radical (unpaired) electrons. The topological polar surface area (TPSA) is 67.4 Å². The predicted molar refractivity (Wildman–Crippen MR) is 98.0 cm³/mol. The second kappa shape index (κ2) is 8.40. The number of carbonyl (C=O) groups excluding carboxylic acids is 2. The van der Waals surface area contributed by atoms with E-state index in [0.29, 0.717) is 23.5 Å². The Morgan fingerprint density at radius 3 is 2.25 bits per heavy atom. The highest BCUT2D eigenvalue weighted by molar-refractivity contribution is 7.98. The lowest BCUT2D eigenvalue weighted by Crippen LogP contribution is -2.14. The minimum absolute atomic E-state index is 0.158. The molecule has 0 fully saturated rings. The number of hydrogen-bond donors (Lipinski definition) is 2. The number of rotatable bonds is 5. The molecule has 0 heterocycles. The summed E-state index contributed by atoms with van der Waals surface area (Å²) in [6.07, 6.45) is 1.47. The van der Waals surface area contributed by atoms with Crippen LogP contribution in [0.25, 0.3) is 0 Å². The van der Waals surface area contributed by atoms with Crippen LogP contribution in [0.15, 0.2) is 47.4 Å². The summed E-state index contributed by atoms with van der Waals surface area (Å²) in [7, 11) is 0. The maximum absolute atomic E-state index is 12.4. The Bertz CT molecular complexity index is 730. The van der Waals surface area contributed by atoms with E-state index in [1.807, 2.05) is 31.4 Å². The third-order valence-corrected chi connectivity index (χ3v) is 4.08. The summed E-state index contributed by atoms with van der Waals surface area (Å²) in [5, 5.41) is 5.47. The summed E-state index contributed by atoms with van der Waals surface area (Å²) in [6, 6.07) is 12.7. The smallest absolute Gasteiger partial charge is 0.411 e. The number of ether oxygens (including phenoxy) is 1. The predicted octanol–water partition coefficient (Wildman–Crippen LogP) is 4.54. The molecule has 0 spiro atoms. The third kappa shape index (κ3) is 4.76. The summed E-state index contributed by atoms with van der Waals surface area (Å²) in [5.41, 5.74) is 2.83. The molecule has 0 aliphatic carbocycles. The molecule has 2 aromatic carbocycles. The SMILES string of the molecule is CCOC(=O)Nc1ccc(NC(=O)c2cc(SC)ccc2C)cc1. The molecule has 0 aromatic heterocycles.